The Hall–Kier alpha value is -4.24. The van der Waals surface area contributed by atoms with Crippen LogP contribution in [0.25, 0.3) is 33.2 Å². The first-order valence-electron chi connectivity index (χ1n) is 19.4. The highest BCUT2D eigenvalue weighted by molar-refractivity contribution is 6.02. The molecule has 52 heavy (non-hydrogen) atoms. The summed E-state index contributed by atoms with van der Waals surface area (Å²) in [4.78, 5) is 41.3. The maximum Gasteiger partial charge on any atom is 0.338 e. The normalized spacial score (nSPS) is 15.8. The highest BCUT2D eigenvalue weighted by atomic mass is 16.5. The van der Waals surface area contributed by atoms with Crippen LogP contribution in [0, 0.1) is 20.8 Å². The van der Waals surface area contributed by atoms with E-state index in [9.17, 15) is 14.7 Å². The number of unbranched alkanes of at least 4 members (excludes halogenated alkanes) is 8. The smallest absolute Gasteiger partial charge is 0.338 e. The van der Waals surface area contributed by atoms with Gasteiger partial charge in [0.15, 0.2) is 0 Å². The van der Waals surface area contributed by atoms with Crippen LogP contribution in [0.2, 0.25) is 0 Å². The number of aromatic carboxylic acids is 1. The Balaban J connectivity index is 1.61. The van der Waals surface area contributed by atoms with Gasteiger partial charge in [-0.2, -0.15) is 0 Å². The molecule has 8 bridgehead atoms. The van der Waals surface area contributed by atoms with Gasteiger partial charge in [-0.3, -0.25) is 9.78 Å². The second-order valence-electron chi connectivity index (χ2n) is 14.6. The standard InChI is InChI=1S/C43H58N4O5/c1-8-10-11-12-13-14-15-16-17-19-51-24-33-28(5)34-21-36-27(4)32(18-20-52-25-48)41(46-36)30(7)42-40(43(49)50)29(6)37(47-42)23-38-31(9-2)26(3)35(44-38)22-39(33)45-34/h21-23,25,27,32,45,47H,8-20,24H2,1-7H3,(H,49,50)/t27-,32-/m0/s1. The van der Waals surface area contributed by atoms with Crippen molar-refractivity contribution in [2.45, 2.75) is 138 Å². The van der Waals surface area contributed by atoms with E-state index in [1.54, 1.807) is 0 Å². The average Bonchev–Trinajstić information content (AvgIpc) is 3.80. The lowest BCUT2D eigenvalue weighted by molar-refractivity contribution is -0.128. The van der Waals surface area contributed by atoms with E-state index in [4.69, 9.17) is 19.4 Å². The van der Waals surface area contributed by atoms with Crippen LogP contribution in [-0.2, 0) is 20.9 Å². The Labute approximate surface area is 308 Å². The van der Waals surface area contributed by atoms with Crippen LogP contribution in [0.5, 0.6) is 0 Å². The molecule has 0 aromatic carbocycles. The molecule has 5 rings (SSSR count). The molecule has 0 radical (unpaired) electrons. The minimum absolute atomic E-state index is 0.000892. The van der Waals surface area contributed by atoms with Crippen LogP contribution in [0.4, 0.5) is 0 Å². The number of carbonyl (C=O) groups excluding carboxylic acids is 1. The van der Waals surface area contributed by atoms with Gasteiger partial charge in [0, 0.05) is 51.9 Å². The van der Waals surface area contributed by atoms with Crippen LogP contribution in [0.3, 0.4) is 0 Å². The summed E-state index contributed by atoms with van der Waals surface area (Å²) in [7, 11) is 0. The summed E-state index contributed by atoms with van der Waals surface area (Å²) in [6.45, 7) is 16.5. The number of carboxylic acids is 1. The molecule has 3 N–H and O–H groups in total. The quantitative estimate of drug-likeness (QED) is 0.0884. The molecular weight excluding hydrogens is 652 g/mol. The molecule has 2 aliphatic rings. The first-order chi connectivity index (χ1) is 25.1. The predicted molar refractivity (Wildman–Crippen MR) is 210 cm³/mol. The topological polar surface area (TPSA) is 130 Å². The van der Waals surface area contributed by atoms with E-state index in [0.717, 1.165) is 81.1 Å². The van der Waals surface area contributed by atoms with E-state index in [0.29, 0.717) is 36.1 Å². The molecule has 0 aliphatic carbocycles. The van der Waals surface area contributed by atoms with E-state index < -0.39 is 5.97 Å². The van der Waals surface area contributed by atoms with E-state index in [1.807, 2.05) is 19.9 Å². The van der Waals surface area contributed by atoms with Gasteiger partial charge < -0.3 is 24.5 Å². The van der Waals surface area contributed by atoms with Gasteiger partial charge in [-0.05, 0) is 93.0 Å². The lowest BCUT2D eigenvalue weighted by atomic mass is 9.87. The third kappa shape index (κ3) is 8.52. The molecule has 2 aliphatic heterocycles. The number of carboxylic acid groups (broad SMARTS) is 1. The second-order valence-corrected chi connectivity index (χ2v) is 14.6. The molecular formula is C43H58N4O5. The molecule has 280 valence electrons. The zero-order valence-electron chi connectivity index (χ0n) is 32.3. The number of hydrogen-bond donors (Lipinski definition) is 3. The van der Waals surface area contributed by atoms with Crippen molar-refractivity contribution in [3.05, 3.63) is 68.8 Å². The Morgan fingerprint density at radius 2 is 1.50 bits per heavy atom. The molecule has 3 aromatic heterocycles. The number of H-pyrrole nitrogens is 2. The summed E-state index contributed by atoms with van der Waals surface area (Å²) in [6, 6.07) is 6.23. The number of fused-ring (bicyclic) bond motifs is 8. The van der Waals surface area contributed by atoms with Gasteiger partial charge in [0.1, 0.15) is 0 Å². The average molecular weight is 711 g/mol. The summed E-state index contributed by atoms with van der Waals surface area (Å²) in [5, 5.41) is 10.4. The summed E-state index contributed by atoms with van der Waals surface area (Å²) in [5.41, 5.74) is 12.7. The van der Waals surface area contributed by atoms with Crippen molar-refractivity contribution in [1.29, 1.82) is 0 Å². The minimum Gasteiger partial charge on any atom is -0.478 e. The van der Waals surface area contributed by atoms with Gasteiger partial charge in [-0.1, -0.05) is 72.1 Å². The monoisotopic (exact) mass is 710 g/mol. The fourth-order valence-electron chi connectivity index (χ4n) is 7.93. The zero-order valence-corrected chi connectivity index (χ0v) is 32.3. The first-order valence-corrected chi connectivity index (χ1v) is 19.4. The SMILES string of the molecule is CCCCCCCCCCCOCc1c(C)c2cc3nc(c(C)c4[nH]c(cc5nc(cc1[nH]2)C(C)=C5CC)c(C)c4C(=O)O)[C@@H](CCOC=O)[C@@H]3C. The summed E-state index contributed by atoms with van der Waals surface area (Å²) >= 11 is 0. The van der Waals surface area contributed by atoms with Crippen LogP contribution >= 0.6 is 0 Å². The molecule has 2 atom stereocenters. The Morgan fingerprint density at radius 3 is 2.17 bits per heavy atom. The van der Waals surface area contributed by atoms with E-state index in [2.05, 4.69) is 56.7 Å². The van der Waals surface area contributed by atoms with Gasteiger partial charge in [-0.15, -0.1) is 0 Å². The van der Waals surface area contributed by atoms with Crippen LogP contribution in [-0.4, -0.2) is 50.7 Å². The number of rotatable bonds is 18. The van der Waals surface area contributed by atoms with Gasteiger partial charge in [0.2, 0.25) is 0 Å². The molecule has 0 fully saturated rings. The molecule has 3 aromatic rings. The molecule has 0 unspecified atom stereocenters. The van der Waals surface area contributed by atoms with E-state index in [-0.39, 0.29) is 24.0 Å². The highest BCUT2D eigenvalue weighted by Crippen LogP contribution is 2.42. The van der Waals surface area contributed by atoms with E-state index >= 15 is 0 Å². The van der Waals surface area contributed by atoms with Crippen molar-refractivity contribution in [2.24, 2.45) is 0 Å². The fourth-order valence-corrected chi connectivity index (χ4v) is 7.93. The minimum atomic E-state index is -0.998. The highest BCUT2D eigenvalue weighted by Gasteiger charge is 2.31. The molecule has 0 saturated heterocycles. The number of allylic oxidation sites excluding steroid dienone is 2. The Bertz CT molecular complexity index is 1950. The number of ether oxygens (including phenoxy) is 2. The summed E-state index contributed by atoms with van der Waals surface area (Å²) < 4.78 is 11.5. The summed E-state index contributed by atoms with van der Waals surface area (Å²) in [5.74, 6) is -1.07. The van der Waals surface area contributed by atoms with E-state index in [1.165, 1.54) is 51.4 Å². The molecule has 9 heteroatoms. The Kier molecular flexibility index (Phi) is 13.5. The van der Waals surface area contributed by atoms with Crippen molar-refractivity contribution in [3.8, 4) is 0 Å². The van der Waals surface area contributed by atoms with Crippen molar-refractivity contribution in [2.75, 3.05) is 13.2 Å². The molecule has 0 saturated carbocycles. The van der Waals surface area contributed by atoms with Gasteiger partial charge in [0.05, 0.1) is 35.7 Å². The van der Waals surface area contributed by atoms with Gasteiger partial charge in [-0.25, -0.2) is 9.78 Å². The third-order valence-electron chi connectivity index (χ3n) is 11.2. The molecule has 9 nitrogen and oxygen atoms in total. The van der Waals surface area contributed by atoms with Crippen molar-refractivity contribution < 1.29 is 24.2 Å². The Morgan fingerprint density at radius 1 is 0.827 bits per heavy atom. The third-order valence-corrected chi connectivity index (χ3v) is 11.2. The van der Waals surface area contributed by atoms with Crippen molar-refractivity contribution in [3.63, 3.8) is 0 Å². The zero-order chi connectivity index (χ0) is 37.4. The predicted octanol–water partition coefficient (Wildman–Crippen LogP) is 10.8. The number of aryl methyl sites for hydroxylation is 3. The molecule has 0 spiro atoms. The summed E-state index contributed by atoms with van der Waals surface area (Å²) in [6.07, 6.45) is 12.8. The van der Waals surface area contributed by atoms with Crippen molar-refractivity contribution in [1.82, 2.24) is 19.9 Å². The number of aromatic nitrogens is 4. The van der Waals surface area contributed by atoms with Gasteiger partial charge >= 0.3 is 5.97 Å². The van der Waals surface area contributed by atoms with Crippen LogP contribution in [0.15, 0.2) is 18.2 Å². The molecule has 0 amide bonds. The lowest BCUT2D eigenvalue weighted by Gasteiger charge is -2.16. The number of carbonyl (C=O) groups is 2. The maximum absolute atomic E-state index is 12.7. The van der Waals surface area contributed by atoms with Crippen LogP contribution in [0.1, 0.15) is 166 Å². The largest absolute Gasteiger partial charge is 0.478 e. The maximum atomic E-state index is 12.7. The number of hydrogen-bond acceptors (Lipinski definition) is 6. The number of aromatic amines is 2. The van der Waals surface area contributed by atoms with Crippen LogP contribution < -0.4 is 0 Å². The van der Waals surface area contributed by atoms with Crippen molar-refractivity contribution >= 4 is 45.7 Å². The van der Waals surface area contributed by atoms with Gasteiger partial charge in [0.25, 0.3) is 6.47 Å². The lowest BCUT2D eigenvalue weighted by Crippen LogP contribution is -2.08. The molecule has 5 heterocycles. The fraction of sp³-hybridized carbons (Fsp3) is 0.535. The first kappa shape index (κ1) is 39.0. The second kappa shape index (κ2) is 18.0. The number of nitrogens with one attached hydrogen (secondary N) is 2. The number of nitrogens with zero attached hydrogens (tertiary/aromatic N) is 2.